The van der Waals surface area contributed by atoms with Crippen LogP contribution in [0, 0.1) is 11.7 Å². The lowest BCUT2D eigenvalue weighted by atomic mass is 9.95. The van der Waals surface area contributed by atoms with Crippen molar-refractivity contribution in [2.24, 2.45) is 5.92 Å². The zero-order valence-corrected chi connectivity index (χ0v) is 11.3. The highest BCUT2D eigenvalue weighted by Gasteiger charge is 2.37. The Morgan fingerprint density at radius 3 is 3.00 bits per heavy atom. The van der Waals surface area contributed by atoms with E-state index in [0.29, 0.717) is 13.0 Å². The van der Waals surface area contributed by atoms with Crippen molar-refractivity contribution in [3.8, 4) is 0 Å². The third-order valence-electron chi connectivity index (χ3n) is 4.22. The van der Waals surface area contributed by atoms with Crippen LogP contribution in [0.4, 0.5) is 4.39 Å². The zero-order valence-electron chi connectivity index (χ0n) is 11.3. The van der Waals surface area contributed by atoms with E-state index in [9.17, 15) is 14.3 Å². The van der Waals surface area contributed by atoms with Crippen molar-refractivity contribution in [1.29, 1.82) is 0 Å². The summed E-state index contributed by atoms with van der Waals surface area (Å²) < 4.78 is 15.4. The number of aliphatic carboxylic acids is 1. The van der Waals surface area contributed by atoms with E-state index in [1.54, 1.807) is 6.07 Å². The molecule has 1 aliphatic rings. The van der Waals surface area contributed by atoms with Crippen LogP contribution in [0.3, 0.4) is 0 Å². The molecule has 4 nitrogen and oxygen atoms in total. The predicted octanol–water partition coefficient (Wildman–Crippen LogP) is 3.16. The van der Waals surface area contributed by atoms with Gasteiger partial charge in [0.05, 0.1) is 17.0 Å². The van der Waals surface area contributed by atoms with Crippen molar-refractivity contribution in [3.63, 3.8) is 0 Å². The second kappa shape index (κ2) is 4.89. The molecule has 2 unspecified atom stereocenters. The third-order valence-corrected chi connectivity index (χ3v) is 4.22. The van der Waals surface area contributed by atoms with Gasteiger partial charge >= 0.3 is 5.97 Å². The molecule has 1 aromatic carbocycles. The summed E-state index contributed by atoms with van der Waals surface area (Å²) in [4.78, 5) is 15.9. The highest BCUT2D eigenvalue weighted by Crippen LogP contribution is 2.40. The van der Waals surface area contributed by atoms with Gasteiger partial charge in [0, 0.05) is 12.5 Å². The molecule has 2 atom stereocenters. The number of carboxylic acids is 1. The van der Waals surface area contributed by atoms with Crippen molar-refractivity contribution in [2.75, 3.05) is 0 Å². The third kappa shape index (κ3) is 1.97. The number of imidazole rings is 1. The van der Waals surface area contributed by atoms with Gasteiger partial charge in [-0.3, -0.25) is 4.79 Å². The van der Waals surface area contributed by atoms with Crippen LogP contribution < -0.4 is 0 Å². The van der Waals surface area contributed by atoms with E-state index < -0.39 is 5.97 Å². The first-order chi connectivity index (χ1) is 9.61. The molecular weight excluding hydrogens is 259 g/mol. The van der Waals surface area contributed by atoms with Crippen LogP contribution in [0.15, 0.2) is 18.2 Å². The number of aromatic nitrogens is 2. The molecule has 20 heavy (non-hydrogen) atoms. The Morgan fingerprint density at radius 1 is 1.50 bits per heavy atom. The maximum atomic E-state index is 13.4. The number of hydrogen-bond acceptors (Lipinski definition) is 2. The number of hydrogen-bond donors (Lipinski definition) is 1. The second-order valence-electron chi connectivity index (χ2n) is 5.33. The van der Waals surface area contributed by atoms with Crippen LogP contribution in [0.1, 0.15) is 37.9 Å². The summed E-state index contributed by atoms with van der Waals surface area (Å²) in [6.07, 6.45) is 2.44. The molecule has 0 amide bonds. The largest absolute Gasteiger partial charge is 0.481 e. The van der Waals surface area contributed by atoms with Crippen molar-refractivity contribution in [1.82, 2.24) is 9.55 Å². The summed E-state index contributed by atoms with van der Waals surface area (Å²) in [5, 5.41) is 9.33. The molecule has 1 fully saturated rings. The van der Waals surface area contributed by atoms with Gasteiger partial charge in [-0.25, -0.2) is 9.37 Å². The van der Waals surface area contributed by atoms with Gasteiger partial charge in [0.1, 0.15) is 11.6 Å². The van der Waals surface area contributed by atoms with Gasteiger partial charge in [-0.1, -0.05) is 6.42 Å². The lowest BCUT2D eigenvalue weighted by molar-refractivity contribution is -0.142. The summed E-state index contributed by atoms with van der Waals surface area (Å²) in [5.74, 6) is -0.698. The van der Waals surface area contributed by atoms with Crippen LogP contribution in [0.2, 0.25) is 0 Å². The molecular formula is C15H17FN2O2. The predicted molar refractivity (Wildman–Crippen MR) is 73.1 cm³/mol. The number of benzene rings is 1. The molecule has 1 aromatic heterocycles. The van der Waals surface area contributed by atoms with E-state index in [0.717, 1.165) is 29.7 Å². The number of carbonyl (C=O) groups is 1. The average Bonchev–Trinajstić information content (AvgIpc) is 3.01. The van der Waals surface area contributed by atoms with Crippen LogP contribution >= 0.6 is 0 Å². The molecule has 1 heterocycles. The second-order valence-corrected chi connectivity index (χ2v) is 5.33. The molecule has 1 N–H and O–H groups in total. The first kappa shape index (κ1) is 13.1. The summed E-state index contributed by atoms with van der Waals surface area (Å²) in [5.41, 5.74) is 1.48. The lowest BCUT2D eigenvalue weighted by Gasteiger charge is -2.16. The Labute approximate surface area is 116 Å². The van der Waals surface area contributed by atoms with Gasteiger partial charge in [-0.2, -0.15) is 0 Å². The molecule has 0 saturated heterocycles. The highest BCUT2D eigenvalue weighted by atomic mass is 19.1. The number of aryl methyl sites for hydroxylation is 1. The van der Waals surface area contributed by atoms with Gasteiger partial charge in [-0.05, 0) is 38.0 Å². The fourth-order valence-electron chi connectivity index (χ4n) is 3.29. The molecule has 2 aromatic rings. The van der Waals surface area contributed by atoms with E-state index in [1.165, 1.54) is 12.1 Å². The Bertz CT molecular complexity index is 665. The standard InChI is InChI=1S/C15H17FN2O2/c1-2-18-13-8-9(16)6-7-12(13)17-14(18)10-4-3-5-11(10)15(19)20/h6-8,10-11H,2-5H2,1H3,(H,19,20). The molecule has 0 bridgehead atoms. The van der Waals surface area contributed by atoms with Crippen molar-refractivity contribution >= 4 is 17.0 Å². The Kier molecular flexibility index (Phi) is 3.20. The summed E-state index contributed by atoms with van der Waals surface area (Å²) in [7, 11) is 0. The Hall–Kier alpha value is -1.91. The minimum absolute atomic E-state index is 0.0667. The maximum Gasteiger partial charge on any atom is 0.307 e. The molecule has 106 valence electrons. The lowest BCUT2D eigenvalue weighted by Crippen LogP contribution is -2.20. The topological polar surface area (TPSA) is 55.1 Å². The van der Waals surface area contributed by atoms with Crippen molar-refractivity contribution in [3.05, 3.63) is 29.8 Å². The normalized spacial score (nSPS) is 22.5. The van der Waals surface area contributed by atoms with Crippen LogP contribution in [0.5, 0.6) is 0 Å². The van der Waals surface area contributed by atoms with Crippen LogP contribution in [-0.4, -0.2) is 20.6 Å². The van der Waals surface area contributed by atoms with E-state index in [-0.39, 0.29) is 17.7 Å². The van der Waals surface area contributed by atoms with E-state index in [1.807, 2.05) is 11.5 Å². The SMILES string of the molecule is CCn1c(C2CCCC2C(=O)O)nc2ccc(F)cc21. The van der Waals surface area contributed by atoms with Crippen molar-refractivity contribution in [2.45, 2.75) is 38.6 Å². The highest BCUT2D eigenvalue weighted by molar-refractivity contribution is 5.77. The van der Waals surface area contributed by atoms with E-state index in [4.69, 9.17) is 0 Å². The van der Waals surface area contributed by atoms with Gasteiger partial charge in [0.25, 0.3) is 0 Å². The van der Waals surface area contributed by atoms with Crippen molar-refractivity contribution < 1.29 is 14.3 Å². The fraction of sp³-hybridized carbons (Fsp3) is 0.467. The Morgan fingerprint density at radius 2 is 2.30 bits per heavy atom. The minimum Gasteiger partial charge on any atom is -0.481 e. The maximum absolute atomic E-state index is 13.4. The smallest absolute Gasteiger partial charge is 0.307 e. The summed E-state index contributed by atoms with van der Waals surface area (Å²) in [6.45, 7) is 2.64. The van der Waals surface area contributed by atoms with Gasteiger partial charge in [-0.15, -0.1) is 0 Å². The molecule has 1 aliphatic carbocycles. The quantitative estimate of drug-likeness (QED) is 0.936. The van der Waals surface area contributed by atoms with Crippen LogP contribution in [0.25, 0.3) is 11.0 Å². The van der Waals surface area contributed by atoms with Gasteiger partial charge in [0.2, 0.25) is 0 Å². The Balaban J connectivity index is 2.13. The molecule has 0 spiro atoms. The van der Waals surface area contributed by atoms with Crippen LogP contribution in [-0.2, 0) is 11.3 Å². The van der Waals surface area contributed by atoms with E-state index >= 15 is 0 Å². The van der Waals surface area contributed by atoms with Gasteiger partial charge in [0.15, 0.2) is 0 Å². The summed E-state index contributed by atoms with van der Waals surface area (Å²) >= 11 is 0. The number of halogens is 1. The monoisotopic (exact) mass is 276 g/mol. The molecule has 0 radical (unpaired) electrons. The molecule has 1 saturated carbocycles. The molecule has 3 rings (SSSR count). The van der Waals surface area contributed by atoms with E-state index in [2.05, 4.69) is 4.98 Å². The number of nitrogens with zero attached hydrogens (tertiary/aromatic N) is 2. The first-order valence-corrected chi connectivity index (χ1v) is 7.00. The fourth-order valence-corrected chi connectivity index (χ4v) is 3.29. The minimum atomic E-state index is -0.756. The summed E-state index contributed by atoms with van der Waals surface area (Å²) in [6, 6.07) is 4.52. The number of fused-ring (bicyclic) bond motifs is 1. The first-order valence-electron chi connectivity index (χ1n) is 7.00. The zero-order chi connectivity index (χ0) is 14.3. The average molecular weight is 276 g/mol. The number of rotatable bonds is 3. The molecule has 0 aliphatic heterocycles. The molecule has 5 heteroatoms. The van der Waals surface area contributed by atoms with Gasteiger partial charge < -0.3 is 9.67 Å². The number of carboxylic acid groups (broad SMARTS) is 1.